The van der Waals surface area contributed by atoms with Crippen LogP contribution in [-0.4, -0.2) is 24.0 Å². The maximum atomic E-state index is 12.6. The van der Waals surface area contributed by atoms with E-state index in [1.165, 1.54) is 30.9 Å². The standard InChI is InChI=1S/C19H22N2O5/c1-4-13-6-9-15(10-7-13)26-17(5-2)19(22)20-16-12-14(21(23)24)8-11-18(16)25-3/h6-12,17H,4-5H2,1-3H3,(H,20,22)/t17-/m1/s1. The molecule has 1 amide bonds. The van der Waals surface area contributed by atoms with E-state index in [-0.39, 0.29) is 11.4 Å². The van der Waals surface area contributed by atoms with Crippen LogP contribution < -0.4 is 14.8 Å². The van der Waals surface area contributed by atoms with E-state index in [2.05, 4.69) is 12.2 Å². The van der Waals surface area contributed by atoms with Crippen molar-refractivity contribution < 1.29 is 19.2 Å². The van der Waals surface area contributed by atoms with Gasteiger partial charge in [0.2, 0.25) is 0 Å². The van der Waals surface area contributed by atoms with Gasteiger partial charge in [-0.3, -0.25) is 14.9 Å². The lowest BCUT2D eigenvalue weighted by Gasteiger charge is -2.18. The first-order valence-electron chi connectivity index (χ1n) is 8.37. The molecular formula is C19H22N2O5. The lowest BCUT2D eigenvalue weighted by atomic mass is 10.1. The SMILES string of the molecule is CCc1ccc(O[C@H](CC)C(=O)Nc2cc([N+](=O)[O-])ccc2OC)cc1. The molecule has 0 unspecified atom stereocenters. The normalized spacial score (nSPS) is 11.5. The Kier molecular flexibility index (Phi) is 6.54. The molecule has 1 N–H and O–H groups in total. The van der Waals surface area contributed by atoms with Crippen molar-refractivity contribution in [3.8, 4) is 11.5 Å². The molecule has 138 valence electrons. The van der Waals surface area contributed by atoms with Crippen LogP contribution >= 0.6 is 0 Å². The minimum atomic E-state index is -0.730. The minimum absolute atomic E-state index is 0.134. The molecule has 2 aromatic carbocycles. The number of nitrogens with one attached hydrogen (secondary N) is 1. The molecule has 0 spiro atoms. The summed E-state index contributed by atoms with van der Waals surface area (Å²) in [5, 5.41) is 13.6. The third-order valence-electron chi connectivity index (χ3n) is 3.92. The Bertz CT molecular complexity index is 774. The number of nitro groups is 1. The number of hydrogen-bond donors (Lipinski definition) is 1. The monoisotopic (exact) mass is 358 g/mol. The molecule has 0 aliphatic heterocycles. The molecule has 0 fully saturated rings. The molecule has 0 aliphatic carbocycles. The summed E-state index contributed by atoms with van der Waals surface area (Å²) in [6.45, 7) is 3.89. The maximum Gasteiger partial charge on any atom is 0.271 e. The second-order valence-electron chi connectivity index (χ2n) is 5.64. The second kappa shape index (κ2) is 8.84. The van der Waals surface area contributed by atoms with E-state index in [0.29, 0.717) is 17.9 Å². The number of amides is 1. The molecule has 2 rings (SSSR count). The average molecular weight is 358 g/mol. The van der Waals surface area contributed by atoms with Crippen molar-refractivity contribution in [1.29, 1.82) is 0 Å². The Morgan fingerprint density at radius 2 is 1.88 bits per heavy atom. The van der Waals surface area contributed by atoms with Gasteiger partial charge in [-0.25, -0.2) is 0 Å². The van der Waals surface area contributed by atoms with Crippen molar-refractivity contribution in [2.45, 2.75) is 32.8 Å². The van der Waals surface area contributed by atoms with Gasteiger partial charge in [-0.05, 0) is 36.6 Å². The lowest BCUT2D eigenvalue weighted by molar-refractivity contribution is -0.384. The summed E-state index contributed by atoms with van der Waals surface area (Å²) in [7, 11) is 1.43. The van der Waals surface area contributed by atoms with E-state index in [0.717, 1.165) is 6.42 Å². The largest absolute Gasteiger partial charge is 0.495 e. The highest BCUT2D eigenvalue weighted by Gasteiger charge is 2.21. The quantitative estimate of drug-likeness (QED) is 0.570. The summed E-state index contributed by atoms with van der Waals surface area (Å²) in [4.78, 5) is 23.0. The van der Waals surface area contributed by atoms with Crippen LogP contribution in [0.4, 0.5) is 11.4 Å². The van der Waals surface area contributed by atoms with Gasteiger partial charge in [0.25, 0.3) is 11.6 Å². The Morgan fingerprint density at radius 3 is 2.42 bits per heavy atom. The number of nitrogens with zero attached hydrogens (tertiary/aromatic N) is 1. The lowest BCUT2D eigenvalue weighted by Crippen LogP contribution is -2.32. The smallest absolute Gasteiger partial charge is 0.271 e. The Hall–Kier alpha value is -3.09. The molecule has 0 aliphatic rings. The van der Waals surface area contributed by atoms with Crippen molar-refractivity contribution in [1.82, 2.24) is 0 Å². The summed E-state index contributed by atoms with van der Waals surface area (Å²) < 4.78 is 10.9. The number of hydrogen-bond acceptors (Lipinski definition) is 5. The van der Waals surface area contributed by atoms with Crippen molar-refractivity contribution in [3.63, 3.8) is 0 Å². The fourth-order valence-electron chi connectivity index (χ4n) is 2.41. The number of nitro benzene ring substituents is 1. The van der Waals surface area contributed by atoms with E-state index >= 15 is 0 Å². The summed E-state index contributed by atoms with van der Waals surface area (Å²) in [6, 6.07) is 11.6. The molecule has 1 atom stereocenters. The molecule has 0 saturated carbocycles. The zero-order valence-electron chi connectivity index (χ0n) is 15.0. The summed E-state index contributed by atoms with van der Waals surface area (Å²) in [5.74, 6) is 0.534. The van der Waals surface area contributed by atoms with Crippen LogP contribution in [0.5, 0.6) is 11.5 Å². The summed E-state index contributed by atoms with van der Waals surface area (Å²) in [6.07, 6.45) is 0.634. The molecule has 0 radical (unpaired) electrons. The molecular weight excluding hydrogens is 336 g/mol. The van der Waals surface area contributed by atoms with Gasteiger partial charge in [0.1, 0.15) is 11.5 Å². The van der Waals surface area contributed by atoms with Crippen LogP contribution in [-0.2, 0) is 11.2 Å². The second-order valence-corrected chi connectivity index (χ2v) is 5.64. The number of carbonyl (C=O) groups is 1. The van der Waals surface area contributed by atoms with Gasteiger partial charge in [0, 0.05) is 12.1 Å². The average Bonchev–Trinajstić information content (AvgIpc) is 2.66. The number of methoxy groups -OCH3 is 1. The number of ether oxygens (including phenoxy) is 2. The molecule has 0 aromatic heterocycles. The van der Waals surface area contributed by atoms with Gasteiger partial charge in [0.15, 0.2) is 6.10 Å². The van der Waals surface area contributed by atoms with Crippen LogP contribution in [0.15, 0.2) is 42.5 Å². The van der Waals surface area contributed by atoms with Crippen LogP contribution in [0, 0.1) is 10.1 Å². The Labute approximate surface area is 152 Å². The number of anilines is 1. The fourth-order valence-corrected chi connectivity index (χ4v) is 2.41. The highest BCUT2D eigenvalue weighted by molar-refractivity contribution is 5.96. The van der Waals surface area contributed by atoms with E-state index in [9.17, 15) is 14.9 Å². The van der Waals surface area contributed by atoms with Gasteiger partial charge in [-0.2, -0.15) is 0 Å². The molecule has 26 heavy (non-hydrogen) atoms. The Morgan fingerprint density at radius 1 is 1.19 bits per heavy atom. The molecule has 2 aromatic rings. The molecule has 0 saturated heterocycles. The first-order valence-corrected chi connectivity index (χ1v) is 8.37. The van der Waals surface area contributed by atoms with Gasteiger partial charge < -0.3 is 14.8 Å². The van der Waals surface area contributed by atoms with Crippen LogP contribution in [0.2, 0.25) is 0 Å². The van der Waals surface area contributed by atoms with Gasteiger partial charge in [0.05, 0.1) is 17.7 Å². The number of rotatable bonds is 8. The van der Waals surface area contributed by atoms with Crippen LogP contribution in [0.3, 0.4) is 0 Å². The van der Waals surface area contributed by atoms with Crippen molar-refractivity contribution >= 4 is 17.3 Å². The van der Waals surface area contributed by atoms with E-state index in [4.69, 9.17) is 9.47 Å². The van der Waals surface area contributed by atoms with Gasteiger partial charge in [-0.15, -0.1) is 0 Å². The van der Waals surface area contributed by atoms with Crippen LogP contribution in [0.25, 0.3) is 0 Å². The molecule has 7 nitrogen and oxygen atoms in total. The van der Waals surface area contributed by atoms with Gasteiger partial charge in [-0.1, -0.05) is 26.0 Å². The number of benzene rings is 2. The third kappa shape index (κ3) is 4.72. The summed E-state index contributed by atoms with van der Waals surface area (Å²) >= 11 is 0. The van der Waals surface area contributed by atoms with E-state index in [1.54, 1.807) is 0 Å². The number of non-ortho nitro benzene ring substituents is 1. The van der Waals surface area contributed by atoms with Gasteiger partial charge >= 0.3 is 0 Å². The van der Waals surface area contributed by atoms with Crippen molar-refractivity contribution in [2.24, 2.45) is 0 Å². The first-order chi connectivity index (χ1) is 12.5. The first kappa shape index (κ1) is 19.2. The van der Waals surface area contributed by atoms with E-state index in [1.807, 2.05) is 31.2 Å². The predicted molar refractivity (Wildman–Crippen MR) is 98.8 cm³/mol. The van der Waals surface area contributed by atoms with Crippen molar-refractivity contribution in [3.05, 3.63) is 58.1 Å². The minimum Gasteiger partial charge on any atom is -0.495 e. The van der Waals surface area contributed by atoms with Crippen molar-refractivity contribution in [2.75, 3.05) is 12.4 Å². The zero-order valence-corrected chi connectivity index (χ0v) is 15.0. The number of carbonyl (C=O) groups excluding carboxylic acids is 1. The fraction of sp³-hybridized carbons (Fsp3) is 0.316. The summed E-state index contributed by atoms with van der Waals surface area (Å²) in [5.41, 5.74) is 1.27. The molecule has 7 heteroatoms. The number of aryl methyl sites for hydroxylation is 1. The topological polar surface area (TPSA) is 90.7 Å². The predicted octanol–water partition coefficient (Wildman–Crippen LogP) is 3.96. The van der Waals surface area contributed by atoms with Crippen LogP contribution in [0.1, 0.15) is 25.8 Å². The maximum absolute atomic E-state index is 12.6. The molecule has 0 bridgehead atoms. The zero-order chi connectivity index (χ0) is 19.1. The highest BCUT2D eigenvalue weighted by atomic mass is 16.6. The van der Waals surface area contributed by atoms with E-state index < -0.39 is 16.9 Å². The third-order valence-corrected chi connectivity index (χ3v) is 3.92. The Balaban J connectivity index is 2.15. The molecule has 0 heterocycles. The highest BCUT2D eigenvalue weighted by Crippen LogP contribution is 2.29.